The minimum Gasteiger partial charge on any atom is -0.396 e. The topological polar surface area (TPSA) is 49.7 Å². The maximum absolute atomic E-state index is 8.84. The number of aliphatic hydroxyl groups is 2. The highest BCUT2D eigenvalue weighted by Gasteiger charge is 2.04. The number of hydrogen-bond acceptors (Lipinski definition) is 3. The maximum Gasteiger partial charge on any atom is 0.0538 e. The Morgan fingerprint density at radius 2 is 1.71 bits per heavy atom. The molecule has 0 heterocycles. The number of ether oxygens (including phenoxy) is 1. The summed E-state index contributed by atoms with van der Waals surface area (Å²) in [5, 5.41) is 17.7. The monoisotopic (exact) mass is 238 g/mol. The number of aliphatic hydroxyl groups excluding tert-OH is 2. The molecule has 0 aliphatic rings. The number of unbranched alkanes of at least 4 members (excludes halogenated alkanes) is 1. The summed E-state index contributed by atoms with van der Waals surface area (Å²) in [5.41, 5.74) is 1.36. The SMILES string of the molecule is OCC(CO)COCCCCc1ccccc1. The molecule has 0 aliphatic carbocycles. The van der Waals surface area contributed by atoms with E-state index < -0.39 is 0 Å². The minimum absolute atomic E-state index is 0.0134. The van der Waals surface area contributed by atoms with Crippen LogP contribution in [-0.4, -0.2) is 36.6 Å². The average Bonchev–Trinajstić information content (AvgIpc) is 2.39. The molecule has 0 atom stereocenters. The highest BCUT2D eigenvalue weighted by atomic mass is 16.5. The predicted octanol–water partition coefficient (Wildman–Crippen LogP) is 1.63. The Kier molecular flexibility index (Phi) is 7.63. The Morgan fingerprint density at radius 3 is 2.35 bits per heavy atom. The van der Waals surface area contributed by atoms with Gasteiger partial charge in [-0.05, 0) is 24.8 Å². The summed E-state index contributed by atoms with van der Waals surface area (Å²) in [7, 11) is 0. The van der Waals surface area contributed by atoms with E-state index in [1.165, 1.54) is 5.56 Å². The first kappa shape index (κ1) is 14.2. The first-order valence-corrected chi connectivity index (χ1v) is 6.20. The standard InChI is InChI=1S/C14H22O3/c15-10-14(11-16)12-17-9-5-4-8-13-6-2-1-3-7-13/h1-3,6-7,14-16H,4-5,8-12H2. The molecule has 96 valence electrons. The molecule has 0 bridgehead atoms. The van der Waals surface area contributed by atoms with E-state index in [1.807, 2.05) is 6.07 Å². The summed E-state index contributed by atoms with van der Waals surface area (Å²) in [4.78, 5) is 0. The lowest BCUT2D eigenvalue weighted by Gasteiger charge is -2.11. The van der Waals surface area contributed by atoms with E-state index in [-0.39, 0.29) is 19.1 Å². The Bertz CT molecular complexity index is 270. The molecule has 2 N–H and O–H groups in total. The molecule has 0 unspecified atom stereocenters. The first-order chi connectivity index (χ1) is 8.36. The van der Waals surface area contributed by atoms with Gasteiger partial charge >= 0.3 is 0 Å². The van der Waals surface area contributed by atoms with Gasteiger partial charge in [-0.2, -0.15) is 0 Å². The molecule has 1 aromatic carbocycles. The fraction of sp³-hybridized carbons (Fsp3) is 0.571. The number of benzene rings is 1. The van der Waals surface area contributed by atoms with Crippen molar-refractivity contribution in [2.45, 2.75) is 19.3 Å². The predicted molar refractivity (Wildman–Crippen MR) is 67.9 cm³/mol. The van der Waals surface area contributed by atoms with Crippen LogP contribution in [0.5, 0.6) is 0 Å². The van der Waals surface area contributed by atoms with Gasteiger partial charge in [-0.1, -0.05) is 30.3 Å². The van der Waals surface area contributed by atoms with Gasteiger partial charge < -0.3 is 14.9 Å². The van der Waals surface area contributed by atoms with Crippen molar-refractivity contribution in [1.82, 2.24) is 0 Å². The zero-order chi connectivity index (χ0) is 12.3. The number of rotatable bonds is 9. The molecular formula is C14H22O3. The van der Waals surface area contributed by atoms with Gasteiger partial charge in [0.15, 0.2) is 0 Å². The van der Waals surface area contributed by atoms with Gasteiger partial charge in [-0.15, -0.1) is 0 Å². The molecule has 0 spiro atoms. The summed E-state index contributed by atoms with van der Waals surface area (Å²) in [5.74, 6) is -0.135. The van der Waals surface area contributed by atoms with Gasteiger partial charge in [-0.3, -0.25) is 0 Å². The third kappa shape index (κ3) is 6.41. The molecule has 1 rings (SSSR count). The Hall–Kier alpha value is -0.900. The molecule has 3 nitrogen and oxygen atoms in total. The van der Waals surface area contributed by atoms with Crippen molar-refractivity contribution in [2.24, 2.45) is 5.92 Å². The maximum atomic E-state index is 8.84. The van der Waals surface area contributed by atoms with Crippen LogP contribution < -0.4 is 0 Å². The Morgan fingerprint density at radius 1 is 1.00 bits per heavy atom. The summed E-state index contributed by atoms with van der Waals surface area (Å²) in [6.07, 6.45) is 3.19. The lowest BCUT2D eigenvalue weighted by Crippen LogP contribution is -2.18. The number of aryl methyl sites for hydroxylation is 1. The van der Waals surface area contributed by atoms with Crippen molar-refractivity contribution < 1.29 is 14.9 Å². The second kappa shape index (κ2) is 9.16. The molecule has 0 aromatic heterocycles. The number of hydrogen-bond donors (Lipinski definition) is 2. The van der Waals surface area contributed by atoms with Crippen molar-refractivity contribution in [1.29, 1.82) is 0 Å². The van der Waals surface area contributed by atoms with Crippen LogP contribution in [0, 0.1) is 5.92 Å². The lowest BCUT2D eigenvalue weighted by atomic mass is 10.1. The van der Waals surface area contributed by atoms with Gasteiger partial charge in [0.05, 0.1) is 19.8 Å². The molecule has 0 fully saturated rings. The Labute approximate surface area is 103 Å². The van der Waals surface area contributed by atoms with Gasteiger partial charge in [-0.25, -0.2) is 0 Å². The Balaban J connectivity index is 1.98. The average molecular weight is 238 g/mol. The van der Waals surface area contributed by atoms with Crippen LogP contribution >= 0.6 is 0 Å². The van der Waals surface area contributed by atoms with Crippen LogP contribution in [0.4, 0.5) is 0 Å². The molecule has 1 aromatic rings. The van der Waals surface area contributed by atoms with E-state index in [9.17, 15) is 0 Å². The van der Waals surface area contributed by atoms with Crippen molar-refractivity contribution in [3.8, 4) is 0 Å². The second-order valence-electron chi connectivity index (χ2n) is 4.25. The smallest absolute Gasteiger partial charge is 0.0538 e. The van der Waals surface area contributed by atoms with E-state index in [0.29, 0.717) is 13.2 Å². The van der Waals surface area contributed by atoms with Gasteiger partial charge in [0, 0.05) is 12.5 Å². The molecule has 0 amide bonds. The molecule has 0 saturated heterocycles. The van der Waals surface area contributed by atoms with Gasteiger partial charge in [0.2, 0.25) is 0 Å². The third-order valence-corrected chi connectivity index (χ3v) is 2.72. The van der Waals surface area contributed by atoms with Crippen molar-refractivity contribution in [3.05, 3.63) is 35.9 Å². The van der Waals surface area contributed by atoms with Crippen LogP contribution in [0.2, 0.25) is 0 Å². The normalized spacial score (nSPS) is 11.0. The highest BCUT2D eigenvalue weighted by Crippen LogP contribution is 2.05. The van der Waals surface area contributed by atoms with Crippen molar-refractivity contribution in [2.75, 3.05) is 26.4 Å². The summed E-state index contributed by atoms with van der Waals surface area (Å²) in [6.45, 7) is 1.11. The zero-order valence-corrected chi connectivity index (χ0v) is 10.2. The summed E-state index contributed by atoms with van der Waals surface area (Å²) < 4.78 is 5.40. The van der Waals surface area contributed by atoms with Crippen LogP contribution in [0.3, 0.4) is 0 Å². The van der Waals surface area contributed by atoms with Crippen molar-refractivity contribution in [3.63, 3.8) is 0 Å². The lowest BCUT2D eigenvalue weighted by molar-refractivity contribution is 0.0437. The van der Waals surface area contributed by atoms with Crippen LogP contribution in [0.15, 0.2) is 30.3 Å². The second-order valence-corrected chi connectivity index (χ2v) is 4.25. The quantitative estimate of drug-likeness (QED) is 0.643. The highest BCUT2D eigenvalue weighted by molar-refractivity contribution is 5.14. The molecule has 3 heteroatoms. The first-order valence-electron chi connectivity index (χ1n) is 6.20. The van der Waals surface area contributed by atoms with E-state index in [4.69, 9.17) is 14.9 Å². The minimum atomic E-state index is -0.135. The molecule has 17 heavy (non-hydrogen) atoms. The largest absolute Gasteiger partial charge is 0.396 e. The van der Waals surface area contributed by atoms with E-state index in [1.54, 1.807) is 0 Å². The van der Waals surface area contributed by atoms with Crippen LogP contribution in [0.25, 0.3) is 0 Å². The zero-order valence-electron chi connectivity index (χ0n) is 10.2. The van der Waals surface area contributed by atoms with Crippen molar-refractivity contribution >= 4 is 0 Å². The summed E-state index contributed by atoms with van der Waals surface area (Å²) in [6, 6.07) is 10.4. The van der Waals surface area contributed by atoms with Gasteiger partial charge in [0.25, 0.3) is 0 Å². The van der Waals surface area contributed by atoms with Gasteiger partial charge in [0.1, 0.15) is 0 Å². The molecule has 0 radical (unpaired) electrons. The van der Waals surface area contributed by atoms with E-state index in [0.717, 1.165) is 19.3 Å². The van der Waals surface area contributed by atoms with Crippen LogP contribution in [-0.2, 0) is 11.2 Å². The fourth-order valence-electron chi connectivity index (χ4n) is 1.59. The fourth-order valence-corrected chi connectivity index (χ4v) is 1.59. The molecular weight excluding hydrogens is 216 g/mol. The van der Waals surface area contributed by atoms with E-state index >= 15 is 0 Å². The summed E-state index contributed by atoms with van der Waals surface area (Å²) >= 11 is 0. The molecule has 0 saturated carbocycles. The van der Waals surface area contributed by atoms with Crippen LogP contribution in [0.1, 0.15) is 18.4 Å². The molecule has 0 aliphatic heterocycles. The van der Waals surface area contributed by atoms with E-state index in [2.05, 4.69) is 24.3 Å². The third-order valence-electron chi connectivity index (χ3n) is 2.72.